The second kappa shape index (κ2) is 5.04. The molecule has 1 rings (SSSR count). The Morgan fingerprint density at radius 1 is 0.850 bits per heavy atom. The maximum Gasteiger partial charge on any atom is 0.421 e. The monoisotopic (exact) mass is 306 g/mol. The van der Waals surface area contributed by atoms with Gasteiger partial charge in [0, 0.05) is 6.42 Å². The van der Waals surface area contributed by atoms with Crippen molar-refractivity contribution in [3.63, 3.8) is 0 Å². The molecule has 0 aliphatic rings. The Hall–Kier alpha value is -1.64. The van der Waals surface area contributed by atoms with Crippen LogP contribution in [0, 0.1) is 29.1 Å². The second-order valence-electron chi connectivity index (χ2n) is 3.80. The lowest BCUT2D eigenvalue weighted by atomic mass is 9.88. The van der Waals surface area contributed by atoms with Crippen LogP contribution < -0.4 is 0 Å². The summed E-state index contributed by atoms with van der Waals surface area (Å²) in [7, 11) is 0. The molecular formula is C11H6F8O. The number of alkyl halides is 3. The van der Waals surface area contributed by atoms with E-state index in [9.17, 15) is 40.2 Å². The molecule has 0 heterocycles. The Kier molecular flexibility index (Phi) is 4.14. The summed E-state index contributed by atoms with van der Waals surface area (Å²) in [6.45, 7) is 2.84. The molecule has 1 nitrogen and oxygen atoms in total. The van der Waals surface area contributed by atoms with Crippen LogP contribution in [0.15, 0.2) is 12.7 Å². The van der Waals surface area contributed by atoms with Gasteiger partial charge in [0.2, 0.25) is 5.82 Å². The lowest BCUT2D eigenvalue weighted by molar-refractivity contribution is -0.267. The average molecular weight is 306 g/mol. The molecule has 0 saturated heterocycles. The first-order chi connectivity index (χ1) is 8.99. The molecule has 20 heavy (non-hydrogen) atoms. The van der Waals surface area contributed by atoms with Crippen molar-refractivity contribution >= 4 is 0 Å². The Morgan fingerprint density at radius 2 is 1.20 bits per heavy atom. The molecule has 0 radical (unpaired) electrons. The zero-order chi connectivity index (χ0) is 15.9. The van der Waals surface area contributed by atoms with Crippen LogP contribution in [0.1, 0.15) is 12.0 Å². The fourth-order valence-corrected chi connectivity index (χ4v) is 1.54. The van der Waals surface area contributed by atoms with Gasteiger partial charge < -0.3 is 5.11 Å². The topological polar surface area (TPSA) is 20.2 Å². The van der Waals surface area contributed by atoms with Crippen molar-refractivity contribution in [1.29, 1.82) is 0 Å². The zero-order valence-electron chi connectivity index (χ0n) is 9.46. The maximum atomic E-state index is 13.3. The molecule has 1 unspecified atom stereocenters. The molecule has 0 aliphatic carbocycles. The van der Waals surface area contributed by atoms with E-state index in [1.54, 1.807) is 0 Å². The van der Waals surface area contributed by atoms with Gasteiger partial charge in [-0.2, -0.15) is 13.2 Å². The van der Waals surface area contributed by atoms with Crippen LogP contribution >= 0.6 is 0 Å². The van der Waals surface area contributed by atoms with E-state index in [1.165, 1.54) is 0 Å². The summed E-state index contributed by atoms with van der Waals surface area (Å²) in [5.74, 6) is -13.3. The Balaban J connectivity index is 3.80. The van der Waals surface area contributed by atoms with Gasteiger partial charge in [0.1, 0.15) is 0 Å². The molecule has 0 fully saturated rings. The largest absolute Gasteiger partial charge is 0.421 e. The van der Waals surface area contributed by atoms with Crippen molar-refractivity contribution in [1.82, 2.24) is 0 Å². The number of benzene rings is 1. The van der Waals surface area contributed by atoms with Crippen LogP contribution in [0.25, 0.3) is 0 Å². The van der Waals surface area contributed by atoms with Crippen molar-refractivity contribution in [2.45, 2.75) is 18.2 Å². The summed E-state index contributed by atoms with van der Waals surface area (Å²) < 4.78 is 103. The molecule has 9 heteroatoms. The van der Waals surface area contributed by atoms with Gasteiger partial charge in [-0.05, 0) is 0 Å². The number of hydrogen-bond donors (Lipinski definition) is 1. The lowest BCUT2D eigenvalue weighted by Crippen LogP contribution is -2.44. The van der Waals surface area contributed by atoms with Crippen LogP contribution in [0.4, 0.5) is 35.1 Å². The predicted molar refractivity (Wildman–Crippen MR) is 51.0 cm³/mol. The third-order valence-corrected chi connectivity index (χ3v) is 2.53. The van der Waals surface area contributed by atoms with Crippen molar-refractivity contribution in [2.24, 2.45) is 0 Å². The molecule has 1 atom stereocenters. The highest BCUT2D eigenvalue weighted by Gasteiger charge is 2.58. The van der Waals surface area contributed by atoms with Crippen LogP contribution in [0.3, 0.4) is 0 Å². The molecule has 112 valence electrons. The molecule has 0 spiro atoms. The van der Waals surface area contributed by atoms with E-state index in [-0.39, 0.29) is 0 Å². The minimum Gasteiger partial charge on any atom is -0.376 e. The summed E-state index contributed by atoms with van der Waals surface area (Å²) in [4.78, 5) is 0. The fraction of sp³-hybridized carbons (Fsp3) is 0.273. The first-order valence-electron chi connectivity index (χ1n) is 4.91. The van der Waals surface area contributed by atoms with Crippen molar-refractivity contribution < 1.29 is 40.2 Å². The van der Waals surface area contributed by atoms with Gasteiger partial charge in [0.25, 0.3) is 0 Å². The van der Waals surface area contributed by atoms with Crippen molar-refractivity contribution in [3.8, 4) is 0 Å². The van der Waals surface area contributed by atoms with Crippen molar-refractivity contribution in [3.05, 3.63) is 47.3 Å². The van der Waals surface area contributed by atoms with Gasteiger partial charge >= 0.3 is 6.18 Å². The van der Waals surface area contributed by atoms with E-state index in [0.29, 0.717) is 6.08 Å². The van der Waals surface area contributed by atoms with Gasteiger partial charge in [-0.15, -0.1) is 6.58 Å². The summed E-state index contributed by atoms with van der Waals surface area (Å²) in [5.41, 5.74) is -6.64. The molecule has 0 amide bonds. The minimum atomic E-state index is -5.68. The third kappa shape index (κ3) is 2.26. The summed E-state index contributed by atoms with van der Waals surface area (Å²) in [5, 5.41) is 9.39. The number of rotatable bonds is 3. The summed E-state index contributed by atoms with van der Waals surface area (Å²) in [6, 6.07) is 0. The highest BCUT2D eigenvalue weighted by Crippen LogP contribution is 2.45. The quantitative estimate of drug-likeness (QED) is 0.391. The SMILES string of the molecule is C=CCC(O)(c1c(F)c(F)c(F)c(F)c1F)C(F)(F)F. The Morgan fingerprint density at radius 3 is 1.50 bits per heavy atom. The number of halogens is 8. The van der Waals surface area contributed by atoms with Gasteiger partial charge in [-0.3, -0.25) is 0 Å². The van der Waals surface area contributed by atoms with E-state index in [2.05, 4.69) is 6.58 Å². The van der Waals surface area contributed by atoms with Gasteiger partial charge in [0.05, 0.1) is 5.56 Å². The van der Waals surface area contributed by atoms with E-state index in [0.717, 1.165) is 0 Å². The second-order valence-corrected chi connectivity index (χ2v) is 3.80. The summed E-state index contributed by atoms with van der Waals surface area (Å²) >= 11 is 0. The maximum absolute atomic E-state index is 13.3. The highest BCUT2D eigenvalue weighted by molar-refractivity contribution is 5.31. The molecule has 0 saturated carbocycles. The van der Waals surface area contributed by atoms with Crippen LogP contribution in [0.2, 0.25) is 0 Å². The van der Waals surface area contributed by atoms with Crippen LogP contribution in [-0.4, -0.2) is 11.3 Å². The van der Waals surface area contributed by atoms with Crippen LogP contribution in [0.5, 0.6) is 0 Å². The first-order valence-corrected chi connectivity index (χ1v) is 4.91. The Labute approximate surface area is 107 Å². The molecule has 0 aromatic heterocycles. The third-order valence-electron chi connectivity index (χ3n) is 2.53. The predicted octanol–water partition coefficient (Wildman–Crippen LogP) is 3.71. The van der Waals surface area contributed by atoms with Crippen molar-refractivity contribution in [2.75, 3.05) is 0 Å². The van der Waals surface area contributed by atoms with E-state index < -0.39 is 52.8 Å². The molecule has 0 aliphatic heterocycles. The molecule has 1 aromatic rings. The van der Waals surface area contributed by atoms with Crippen LogP contribution in [-0.2, 0) is 5.60 Å². The fourth-order valence-electron chi connectivity index (χ4n) is 1.54. The zero-order valence-corrected chi connectivity index (χ0v) is 9.46. The van der Waals surface area contributed by atoms with Gasteiger partial charge in [-0.25, -0.2) is 22.0 Å². The lowest BCUT2D eigenvalue weighted by Gasteiger charge is -2.30. The van der Waals surface area contributed by atoms with E-state index in [1.807, 2.05) is 0 Å². The highest BCUT2D eigenvalue weighted by atomic mass is 19.4. The van der Waals surface area contributed by atoms with Gasteiger partial charge in [0.15, 0.2) is 28.9 Å². The molecule has 0 bridgehead atoms. The molecule has 1 N–H and O–H groups in total. The molecular weight excluding hydrogens is 300 g/mol. The van der Waals surface area contributed by atoms with Gasteiger partial charge in [-0.1, -0.05) is 6.08 Å². The average Bonchev–Trinajstić information content (AvgIpc) is 2.33. The van der Waals surface area contributed by atoms with E-state index in [4.69, 9.17) is 0 Å². The molecule has 1 aromatic carbocycles. The normalized spacial score (nSPS) is 15.1. The van der Waals surface area contributed by atoms with E-state index >= 15 is 0 Å². The minimum absolute atomic E-state index is 0.436. The Bertz CT molecular complexity index is 521. The smallest absolute Gasteiger partial charge is 0.376 e. The number of hydrogen-bond acceptors (Lipinski definition) is 1. The summed E-state index contributed by atoms with van der Waals surface area (Å²) in [6.07, 6.45) is -6.74. The standard InChI is InChI=1S/C11H6F8O/c1-2-3-10(20,11(17,18)19)4-5(12)7(14)9(16)8(15)6(4)13/h2,20H,1,3H2. The number of aliphatic hydroxyl groups is 1. The first kappa shape index (κ1) is 16.4.